The molecule has 1 aromatic heterocycles. The van der Waals surface area contributed by atoms with Crippen molar-refractivity contribution in [1.82, 2.24) is 4.98 Å². The number of ketones is 1. The van der Waals surface area contributed by atoms with Gasteiger partial charge in [0.2, 0.25) is 0 Å². The maximum Gasteiger partial charge on any atom is 0.301 e. The molecule has 0 bridgehead atoms. The van der Waals surface area contributed by atoms with Crippen LogP contribution < -0.4 is 4.90 Å². The molecule has 0 saturated carbocycles. The molecule has 5 heteroatoms. The summed E-state index contributed by atoms with van der Waals surface area (Å²) < 4.78 is 0. The van der Waals surface area contributed by atoms with Crippen LogP contribution in [-0.4, -0.2) is 21.8 Å². The number of rotatable bonds is 4. The third kappa shape index (κ3) is 3.39. The van der Waals surface area contributed by atoms with E-state index in [0.717, 1.165) is 11.1 Å². The Bertz CT molecular complexity index is 1100. The molecule has 1 N–H and O–H groups in total. The molecule has 30 heavy (non-hydrogen) atoms. The lowest BCUT2D eigenvalue weighted by molar-refractivity contribution is -0.132. The fourth-order valence-electron chi connectivity index (χ4n) is 3.70. The van der Waals surface area contributed by atoms with Gasteiger partial charge in [-0.05, 0) is 29.2 Å². The third-order valence-electron chi connectivity index (χ3n) is 5.31. The van der Waals surface area contributed by atoms with E-state index in [9.17, 15) is 14.7 Å². The average Bonchev–Trinajstić information content (AvgIpc) is 3.05. The van der Waals surface area contributed by atoms with Gasteiger partial charge < -0.3 is 5.11 Å². The molecule has 0 aliphatic carbocycles. The minimum absolute atomic E-state index is 0.0640. The van der Waals surface area contributed by atoms with Gasteiger partial charge in [0, 0.05) is 11.8 Å². The fraction of sp³-hybridized carbons (Fsp3) is 0.160. The lowest BCUT2D eigenvalue weighted by atomic mass is 9.93. The number of carbonyl (C=O) groups is 2. The van der Waals surface area contributed by atoms with Gasteiger partial charge in [0.25, 0.3) is 5.78 Å². The lowest BCUT2D eigenvalue weighted by Crippen LogP contribution is -2.30. The van der Waals surface area contributed by atoms with Crippen LogP contribution >= 0.6 is 0 Å². The molecule has 1 atom stereocenters. The zero-order valence-corrected chi connectivity index (χ0v) is 16.8. The van der Waals surface area contributed by atoms with Crippen LogP contribution in [0.3, 0.4) is 0 Å². The number of pyridine rings is 1. The van der Waals surface area contributed by atoms with Crippen LogP contribution in [0.15, 0.2) is 84.6 Å². The van der Waals surface area contributed by atoms with Crippen molar-refractivity contribution in [1.29, 1.82) is 0 Å². The maximum absolute atomic E-state index is 13.0. The number of aliphatic hydroxyl groups excluding tert-OH is 1. The number of aromatic nitrogens is 1. The summed E-state index contributed by atoms with van der Waals surface area (Å²) in [7, 11) is 0. The molecule has 1 fully saturated rings. The SMILES string of the molecule is CC(C)c1ccc(C2/C(=C(\O)c3ccccc3)C(=O)C(=O)N2c2ccccn2)cc1. The number of carbonyl (C=O) groups excluding carboxylic acids is 2. The van der Waals surface area contributed by atoms with Gasteiger partial charge in [-0.3, -0.25) is 14.5 Å². The Labute approximate surface area is 175 Å². The number of aliphatic hydroxyl groups is 1. The topological polar surface area (TPSA) is 70.5 Å². The van der Waals surface area contributed by atoms with E-state index in [2.05, 4.69) is 18.8 Å². The standard InChI is InChI=1S/C25H22N2O3/c1-16(2)17-11-13-18(14-12-17)22-21(23(28)19-8-4-3-5-9-19)24(29)25(30)27(22)20-10-6-7-15-26-20/h3-16,22,28H,1-2H3/b23-21+. The Morgan fingerprint density at radius 2 is 1.60 bits per heavy atom. The van der Waals surface area contributed by atoms with Crippen LogP contribution in [0.5, 0.6) is 0 Å². The highest BCUT2D eigenvalue weighted by Gasteiger charge is 2.47. The Kier molecular flexibility index (Phi) is 5.19. The first-order valence-electron chi connectivity index (χ1n) is 9.86. The van der Waals surface area contributed by atoms with E-state index in [1.54, 1.807) is 48.7 Å². The average molecular weight is 398 g/mol. The minimum atomic E-state index is -0.763. The second-order valence-electron chi connectivity index (χ2n) is 7.54. The van der Waals surface area contributed by atoms with Gasteiger partial charge in [-0.2, -0.15) is 0 Å². The van der Waals surface area contributed by atoms with Gasteiger partial charge in [-0.15, -0.1) is 0 Å². The summed E-state index contributed by atoms with van der Waals surface area (Å²) >= 11 is 0. The van der Waals surface area contributed by atoms with Crippen molar-refractivity contribution >= 4 is 23.3 Å². The normalized spacial score (nSPS) is 18.2. The van der Waals surface area contributed by atoms with Crippen LogP contribution in [0.25, 0.3) is 5.76 Å². The first kappa shape index (κ1) is 19.6. The smallest absolute Gasteiger partial charge is 0.301 e. The highest BCUT2D eigenvalue weighted by atomic mass is 16.3. The van der Waals surface area contributed by atoms with Gasteiger partial charge in [-0.1, -0.05) is 74.5 Å². The zero-order chi connectivity index (χ0) is 21.3. The Balaban J connectivity index is 1.92. The lowest BCUT2D eigenvalue weighted by Gasteiger charge is -2.24. The quantitative estimate of drug-likeness (QED) is 0.388. The van der Waals surface area contributed by atoms with Crippen molar-refractivity contribution < 1.29 is 14.7 Å². The second-order valence-corrected chi connectivity index (χ2v) is 7.54. The molecule has 150 valence electrons. The minimum Gasteiger partial charge on any atom is -0.507 e. The second kappa shape index (κ2) is 7.95. The number of Topliss-reactive ketones (excluding diaryl/α,β-unsaturated/α-hetero) is 1. The maximum atomic E-state index is 13.0. The van der Waals surface area contributed by atoms with Crippen molar-refractivity contribution in [2.75, 3.05) is 4.90 Å². The molecule has 1 aliphatic heterocycles. The Morgan fingerprint density at radius 3 is 2.20 bits per heavy atom. The predicted molar refractivity (Wildman–Crippen MR) is 116 cm³/mol. The molecular weight excluding hydrogens is 376 g/mol. The van der Waals surface area contributed by atoms with Crippen LogP contribution in [0.2, 0.25) is 0 Å². The van der Waals surface area contributed by atoms with E-state index >= 15 is 0 Å². The monoisotopic (exact) mass is 398 g/mol. The molecule has 0 spiro atoms. The van der Waals surface area contributed by atoms with E-state index in [-0.39, 0.29) is 11.3 Å². The van der Waals surface area contributed by atoms with Gasteiger partial charge in [0.1, 0.15) is 11.6 Å². The van der Waals surface area contributed by atoms with Crippen LogP contribution in [0.4, 0.5) is 5.82 Å². The fourth-order valence-corrected chi connectivity index (χ4v) is 3.70. The van der Waals surface area contributed by atoms with Gasteiger partial charge >= 0.3 is 5.91 Å². The molecule has 2 heterocycles. The van der Waals surface area contributed by atoms with E-state index in [4.69, 9.17) is 0 Å². The summed E-state index contributed by atoms with van der Waals surface area (Å²) in [4.78, 5) is 31.7. The molecule has 1 saturated heterocycles. The summed E-state index contributed by atoms with van der Waals surface area (Å²) in [5.41, 5.74) is 2.44. The molecule has 4 rings (SSSR count). The molecule has 3 aromatic rings. The molecule has 0 radical (unpaired) electrons. The zero-order valence-electron chi connectivity index (χ0n) is 16.8. The van der Waals surface area contributed by atoms with E-state index in [1.807, 2.05) is 30.3 Å². The number of benzene rings is 2. The molecule has 2 aromatic carbocycles. The van der Waals surface area contributed by atoms with E-state index in [1.165, 1.54) is 4.90 Å². The van der Waals surface area contributed by atoms with E-state index in [0.29, 0.717) is 17.3 Å². The Hall–Kier alpha value is -3.73. The summed E-state index contributed by atoms with van der Waals surface area (Å²) in [5, 5.41) is 11.0. The van der Waals surface area contributed by atoms with Crippen LogP contribution in [0.1, 0.15) is 42.5 Å². The summed E-state index contributed by atoms with van der Waals surface area (Å²) in [5.74, 6) is -0.899. The first-order chi connectivity index (χ1) is 14.5. The van der Waals surface area contributed by atoms with Crippen molar-refractivity contribution in [2.45, 2.75) is 25.8 Å². The van der Waals surface area contributed by atoms with Gasteiger partial charge in [-0.25, -0.2) is 4.98 Å². The largest absolute Gasteiger partial charge is 0.507 e. The van der Waals surface area contributed by atoms with E-state index < -0.39 is 17.7 Å². The first-order valence-corrected chi connectivity index (χ1v) is 9.86. The molecular formula is C25H22N2O3. The number of hydrogen-bond acceptors (Lipinski definition) is 4. The number of anilines is 1. The third-order valence-corrected chi connectivity index (χ3v) is 5.31. The molecule has 1 amide bonds. The highest BCUT2D eigenvalue weighted by molar-refractivity contribution is 6.51. The Morgan fingerprint density at radius 1 is 0.933 bits per heavy atom. The molecule has 1 unspecified atom stereocenters. The van der Waals surface area contributed by atoms with Gasteiger partial charge in [0.05, 0.1) is 11.6 Å². The predicted octanol–water partition coefficient (Wildman–Crippen LogP) is 4.83. The number of hydrogen-bond donors (Lipinski definition) is 1. The van der Waals surface area contributed by atoms with Crippen molar-refractivity contribution in [3.05, 3.63) is 101 Å². The molecule has 1 aliphatic rings. The van der Waals surface area contributed by atoms with Crippen molar-refractivity contribution in [3.63, 3.8) is 0 Å². The summed E-state index contributed by atoms with van der Waals surface area (Å²) in [6.45, 7) is 4.20. The summed E-state index contributed by atoms with van der Waals surface area (Å²) in [6.07, 6.45) is 1.57. The number of nitrogens with zero attached hydrogens (tertiary/aromatic N) is 2. The van der Waals surface area contributed by atoms with Crippen molar-refractivity contribution in [3.8, 4) is 0 Å². The summed E-state index contributed by atoms with van der Waals surface area (Å²) in [6, 6.07) is 21.0. The van der Waals surface area contributed by atoms with Crippen molar-refractivity contribution in [2.24, 2.45) is 0 Å². The van der Waals surface area contributed by atoms with Crippen LogP contribution in [0, 0.1) is 0 Å². The van der Waals surface area contributed by atoms with Gasteiger partial charge in [0.15, 0.2) is 0 Å². The van der Waals surface area contributed by atoms with Crippen LogP contribution in [-0.2, 0) is 9.59 Å². The number of amides is 1. The highest BCUT2D eigenvalue weighted by Crippen LogP contribution is 2.41. The molecule has 5 nitrogen and oxygen atoms in total.